The van der Waals surface area contributed by atoms with E-state index in [1.807, 2.05) is 16.8 Å². The summed E-state index contributed by atoms with van der Waals surface area (Å²) in [5.41, 5.74) is 10.3. The van der Waals surface area contributed by atoms with Crippen molar-refractivity contribution in [3.05, 3.63) is 59.8 Å². The van der Waals surface area contributed by atoms with Crippen LogP contribution >= 0.6 is 0 Å². The number of nitrogens with one attached hydrogen (secondary N) is 1. The molecule has 1 aliphatic heterocycles. The highest BCUT2D eigenvalue weighted by Gasteiger charge is 2.32. The highest BCUT2D eigenvalue weighted by Crippen LogP contribution is 2.36. The minimum Gasteiger partial charge on any atom is -0.362 e. The van der Waals surface area contributed by atoms with Crippen LogP contribution in [-0.4, -0.2) is 29.6 Å². The number of hydrogen-bond donors (Lipinski definition) is 2. The Labute approximate surface area is 166 Å². The lowest BCUT2D eigenvalue weighted by Gasteiger charge is -2.38. The minimum atomic E-state index is 0.215. The Kier molecular flexibility index (Phi) is 5.76. The van der Waals surface area contributed by atoms with Gasteiger partial charge in [-0.05, 0) is 43.5 Å². The Morgan fingerprint density at radius 2 is 2.07 bits per heavy atom. The zero-order chi connectivity index (χ0) is 19.4. The fourth-order valence-corrected chi connectivity index (χ4v) is 4.54. The van der Waals surface area contributed by atoms with Crippen LogP contribution in [-0.2, 0) is 16.8 Å². The van der Waals surface area contributed by atoms with E-state index < -0.39 is 0 Å². The van der Waals surface area contributed by atoms with Crippen LogP contribution in [0.15, 0.2) is 48.7 Å². The SMILES string of the molecule is CCCC1(c2ccc(-n3cc4cccc(COCN)c4n3)cc2)CCCNC1. The number of hydrogen-bond acceptors (Lipinski definition) is 4. The highest BCUT2D eigenvalue weighted by atomic mass is 16.5. The van der Waals surface area contributed by atoms with Gasteiger partial charge in [0.1, 0.15) is 0 Å². The van der Waals surface area contributed by atoms with Crippen LogP contribution in [0.4, 0.5) is 0 Å². The summed E-state index contributed by atoms with van der Waals surface area (Å²) in [6.45, 7) is 5.20. The molecule has 5 nitrogen and oxygen atoms in total. The van der Waals surface area contributed by atoms with Gasteiger partial charge >= 0.3 is 0 Å². The molecule has 0 bridgehead atoms. The van der Waals surface area contributed by atoms with Crippen LogP contribution in [0.1, 0.15) is 43.7 Å². The molecule has 3 N–H and O–H groups in total. The van der Waals surface area contributed by atoms with Crippen molar-refractivity contribution in [2.75, 3.05) is 19.8 Å². The molecule has 0 amide bonds. The summed E-state index contributed by atoms with van der Waals surface area (Å²) in [5.74, 6) is 0. The number of nitrogens with two attached hydrogens (primary N) is 1. The molecule has 0 radical (unpaired) electrons. The molecule has 0 aliphatic carbocycles. The number of nitrogens with zero attached hydrogens (tertiary/aromatic N) is 2. The summed E-state index contributed by atoms with van der Waals surface area (Å²) in [6, 6.07) is 15.2. The molecule has 1 saturated heterocycles. The largest absolute Gasteiger partial charge is 0.362 e. The first kappa shape index (κ1) is 19.1. The average molecular weight is 379 g/mol. The topological polar surface area (TPSA) is 65.1 Å². The highest BCUT2D eigenvalue weighted by molar-refractivity contribution is 5.81. The third-order valence-corrected chi connectivity index (χ3v) is 5.94. The lowest BCUT2D eigenvalue weighted by atomic mass is 9.72. The van der Waals surface area contributed by atoms with Gasteiger partial charge in [0.2, 0.25) is 0 Å². The van der Waals surface area contributed by atoms with Gasteiger partial charge in [-0.2, -0.15) is 5.10 Å². The number of aromatic nitrogens is 2. The molecule has 4 rings (SSSR count). The zero-order valence-electron chi connectivity index (χ0n) is 16.7. The quantitative estimate of drug-likeness (QED) is 0.613. The van der Waals surface area contributed by atoms with Gasteiger partial charge in [0, 0.05) is 29.1 Å². The van der Waals surface area contributed by atoms with Crippen LogP contribution in [0.2, 0.25) is 0 Å². The van der Waals surface area contributed by atoms with E-state index in [-0.39, 0.29) is 12.1 Å². The summed E-state index contributed by atoms with van der Waals surface area (Å²) >= 11 is 0. The summed E-state index contributed by atoms with van der Waals surface area (Å²) in [6.07, 6.45) is 7.04. The molecule has 1 aliphatic rings. The molecule has 1 atom stereocenters. The van der Waals surface area contributed by atoms with Gasteiger partial charge in [-0.3, -0.25) is 0 Å². The first-order valence-corrected chi connectivity index (χ1v) is 10.3. The molecule has 0 saturated carbocycles. The van der Waals surface area contributed by atoms with Crippen molar-refractivity contribution >= 4 is 10.9 Å². The van der Waals surface area contributed by atoms with Gasteiger partial charge in [-0.25, -0.2) is 4.68 Å². The molecule has 1 aromatic heterocycles. The molecule has 2 heterocycles. The van der Waals surface area contributed by atoms with E-state index in [9.17, 15) is 0 Å². The average Bonchev–Trinajstić information content (AvgIpc) is 3.18. The summed E-state index contributed by atoms with van der Waals surface area (Å²) in [5, 5.41) is 9.53. The Morgan fingerprint density at radius 3 is 2.79 bits per heavy atom. The number of piperidine rings is 1. The van der Waals surface area contributed by atoms with Crippen LogP contribution < -0.4 is 11.1 Å². The van der Waals surface area contributed by atoms with E-state index in [0.29, 0.717) is 6.61 Å². The van der Waals surface area contributed by atoms with Crippen molar-refractivity contribution in [3.63, 3.8) is 0 Å². The maximum absolute atomic E-state index is 5.47. The molecular weight excluding hydrogens is 348 g/mol. The molecule has 3 aromatic rings. The van der Waals surface area contributed by atoms with Crippen molar-refractivity contribution in [2.24, 2.45) is 5.73 Å². The van der Waals surface area contributed by atoms with E-state index in [1.165, 1.54) is 31.2 Å². The van der Waals surface area contributed by atoms with Crippen molar-refractivity contribution in [3.8, 4) is 5.69 Å². The standard InChI is InChI=1S/C23H30N4O/c1-2-11-23(12-4-13-25-16-23)20-7-9-21(10-8-20)27-14-18-5-3-6-19(15-28-17-24)22(18)26-27/h3,5-10,14,25H,2,4,11-13,15-17,24H2,1H3. The summed E-state index contributed by atoms with van der Waals surface area (Å²) in [7, 11) is 0. The van der Waals surface area contributed by atoms with Gasteiger partial charge < -0.3 is 15.8 Å². The lowest BCUT2D eigenvalue weighted by Crippen LogP contribution is -2.43. The Balaban J connectivity index is 1.63. The van der Waals surface area contributed by atoms with Crippen LogP contribution in [0.3, 0.4) is 0 Å². The third-order valence-electron chi connectivity index (χ3n) is 5.94. The number of ether oxygens (including phenoxy) is 1. The van der Waals surface area contributed by atoms with E-state index >= 15 is 0 Å². The maximum atomic E-state index is 5.47. The Morgan fingerprint density at radius 1 is 1.21 bits per heavy atom. The number of benzene rings is 2. The molecule has 28 heavy (non-hydrogen) atoms. The van der Waals surface area contributed by atoms with E-state index in [1.54, 1.807) is 0 Å². The van der Waals surface area contributed by atoms with Gasteiger partial charge in [0.05, 0.1) is 24.5 Å². The van der Waals surface area contributed by atoms with Crippen molar-refractivity contribution in [1.82, 2.24) is 15.1 Å². The fraction of sp³-hybridized carbons (Fsp3) is 0.435. The monoisotopic (exact) mass is 378 g/mol. The second-order valence-corrected chi connectivity index (χ2v) is 7.80. The zero-order valence-corrected chi connectivity index (χ0v) is 16.7. The molecule has 148 valence electrons. The summed E-state index contributed by atoms with van der Waals surface area (Å²) in [4.78, 5) is 0. The normalized spacial score (nSPS) is 19.9. The van der Waals surface area contributed by atoms with Gasteiger partial charge in [-0.15, -0.1) is 0 Å². The molecule has 1 fully saturated rings. The molecule has 2 aromatic carbocycles. The first-order valence-electron chi connectivity index (χ1n) is 10.3. The van der Waals surface area contributed by atoms with Crippen LogP contribution in [0, 0.1) is 0 Å². The van der Waals surface area contributed by atoms with Gasteiger partial charge in [-0.1, -0.05) is 43.7 Å². The van der Waals surface area contributed by atoms with Crippen LogP contribution in [0.5, 0.6) is 0 Å². The van der Waals surface area contributed by atoms with Gasteiger partial charge in [0.25, 0.3) is 0 Å². The van der Waals surface area contributed by atoms with Crippen LogP contribution in [0.25, 0.3) is 16.6 Å². The van der Waals surface area contributed by atoms with Gasteiger partial charge in [0.15, 0.2) is 0 Å². The molecule has 5 heteroatoms. The van der Waals surface area contributed by atoms with Crippen molar-refractivity contribution in [1.29, 1.82) is 0 Å². The molecular formula is C23H30N4O. The fourth-order valence-electron chi connectivity index (χ4n) is 4.54. The summed E-state index contributed by atoms with van der Waals surface area (Å²) < 4.78 is 7.35. The maximum Gasteiger partial charge on any atom is 0.0982 e. The van der Waals surface area contributed by atoms with E-state index in [2.05, 4.69) is 48.8 Å². The number of rotatable bonds is 7. The Hall–Kier alpha value is -2.21. The smallest absolute Gasteiger partial charge is 0.0982 e. The van der Waals surface area contributed by atoms with Crippen molar-refractivity contribution in [2.45, 2.75) is 44.6 Å². The molecule has 0 spiro atoms. The number of fused-ring (bicyclic) bond motifs is 1. The Bertz CT molecular complexity index is 904. The molecule has 1 unspecified atom stereocenters. The first-order chi connectivity index (χ1) is 13.8. The van der Waals surface area contributed by atoms with Crippen molar-refractivity contribution < 1.29 is 4.74 Å². The second-order valence-electron chi connectivity index (χ2n) is 7.80. The van der Waals surface area contributed by atoms with E-state index in [0.717, 1.165) is 35.2 Å². The predicted molar refractivity (Wildman–Crippen MR) is 114 cm³/mol. The third kappa shape index (κ3) is 3.70. The predicted octanol–water partition coefficient (Wildman–Crippen LogP) is 3.88. The minimum absolute atomic E-state index is 0.215. The lowest BCUT2D eigenvalue weighted by molar-refractivity contribution is 0.128. The second kappa shape index (κ2) is 8.43. The van der Waals surface area contributed by atoms with E-state index in [4.69, 9.17) is 15.6 Å².